The summed E-state index contributed by atoms with van der Waals surface area (Å²) in [5, 5.41) is 3.33. The van der Waals surface area contributed by atoms with Gasteiger partial charge in [-0.2, -0.15) is 0 Å². The van der Waals surface area contributed by atoms with E-state index in [2.05, 4.69) is 21.2 Å². The van der Waals surface area contributed by atoms with Crippen LogP contribution in [0.2, 0.25) is 5.02 Å². The smallest absolute Gasteiger partial charge is 0.268 e. The molecular formula is C24H24BrClN2O4S. The molecule has 33 heavy (non-hydrogen) atoms. The number of benzene rings is 3. The Balaban J connectivity index is 1.95. The van der Waals surface area contributed by atoms with Crippen molar-refractivity contribution in [3.8, 4) is 5.75 Å². The van der Waals surface area contributed by atoms with Gasteiger partial charge in [0.1, 0.15) is 17.2 Å². The van der Waals surface area contributed by atoms with Crippen LogP contribution < -0.4 is 14.4 Å². The number of rotatable bonds is 8. The zero-order chi connectivity index (χ0) is 24.2. The molecule has 3 aromatic rings. The van der Waals surface area contributed by atoms with Crippen molar-refractivity contribution in [3.05, 3.63) is 87.4 Å². The van der Waals surface area contributed by atoms with E-state index in [4.69, 9.17) is 16.3 Å². The molecule has 0 aromatic heterocycles. The van der Waals surface area contributed by atoms with Gasteiger partial charge in [-0.05, 0) is 73.5 Å². The second kappa shape index (κ2) is 10.6. The molecule has 1 atom stereocenters. The molecule has 0 unspecified atom stereocenters. The first-order valence-corrected chi connectivity index (χ1v) is 12.7. The highest BCUT2D eigenvalue weighted by atomic mass is 79.9. The number of ether oxygens (including phenoxy) is 1. The fraction of sp³-hybridized carbons (Fsp3) is 0.208. The molecule has 0 bridgehead atoms. The molecule has 9 heteroatoms. The van der Waals surface area contributed by atoms with Crippen LogP contribution in [0.5, 0.6) is 5.75 Å². The quantitative estimate of drug-likeness (QED) is 0.402. The lowest BCUT2D eigenvalue weighted by atomic mass is 10.1. The maximum atomic E-state index is 13.7. The van der Waals surface area contributed by atoms with Gasteiger partial charge in [-0.1, -0.05) is 45.7 Å². The van der Waals surface area contributed by atoms with E-state index in [9.17, 15) is 13.2 Å². The Morgan fingerprint density at radius 1 is 1.09 bits per heavy atom. The molecule has 0 aliphatic heterocycles. The third-order valence-corrected chi connectivity index (χ3v) is 7.61. The van der Waals surface area contributed by atoms with Crippen molar-refractivity contribution in [3.63, 3.8) is 0 Å². The highest BCUT2D eigenvalue weighted by molar-refractivity contribution is 9.10. The number of anilines is 1. The molecule has 0 spiro atoms. The number of carbonyl (C=O) groups excluding carboxylic acids is 1. The summed E-state index contributed by atoms with van der Waals surface area (Å²) < 4.78 is 34.7. The average Bonchev–Trinajstić information content (AvgIpc) is 2.78. The van der Waals surface area contributed by atoms with Gasteiger partial charge in [0.25, 0.3) is 10.0 Å². The molecule has 0 fully saturated rings. The topological polar surface area (TPSA) is 75.7 Å². The molecule has 3 aromatic carbocycles. The largest absolute Gasteiger partial charge is 0.495 e. The number of hydrogen-bond donors (Lipinski definition) is 1. The summed E-state index contributed by atoms with van der Waals surface area (Å²) in [6.45, 7) is 3.21. The molecule has 1 amide bonds. The first-order valence-electron chi connectivity index (χ1n) is 10.1. The summed E-state index contributed by atoms with van der Waals surface area (Å²) >= 11 is 9.39. The fourth-order valence-electron chi connectivity index (χ4n) is 3.28. The maximum absolute atomic E-state index is 13.7. The van der Waals surface area contributed by atoms with E-state index in [0.717, 1.165) is 19.9 Å². The summed E-state index contributed by atoms with van der Waals surface area (Å²) in [4.78, 5) is 12.9. The Kier molecular flexibility index (Phi) is 8.05. The normalized spacial score (nSPS) is 12.2. The third-order valence-electron chi connectivity index (χ3n) is 5.04. The number of hydrogen-bond acceptors (Lipinski definition) is 4. The van der Waals surface area contributed by atoms with Crippen LogP contribution in [0.1, 0.15) is 24.1 Å². The number of nitrogens with one attached hydrogen (secondary N) is 1. The van der Waals surface area contributed by atoms with Gasteiger partial charge in [0, 0.05) is 9.50 Å². The second-order valence-corrected chi connectivity index (χ2v) is 10.7. The van der Waals surface area contributed by atoms with Crippen molar-refractivity contribution in [1.82, 2.24) is 5.32 Å². The summed E-state index contributed by atoms with van der Waals surface area (Å²) in [5.74, 6) is -0.251. The van der Waals surface area contributed by atoms with Gasteiger partial charge in [0.15, 0.2) is 0 Å². The lowest BCUT2D eigenvalue weighted by Crippen LogP contribution is -2.41. The van der Waals surface area contributed by atoms with Crippen molar-refractivity contribution >= 4 is 49.1 Å². The van der Waals surface area contributed by atoms with Gasteiger partial charge in [-0.15, -0.1) is 0 Å². The van der Waals surface area contributed by atoms with E-state index < -0.39 is 22.5 Å². The molecule has 174 valence electrons. The van der Waals surface area contributed by atoms with Gasteiger partial charge in [0.05, 0.1) is 18.8 Å². The number of sulfonamides is 1. The minimum Gasteiger partial charge on any atom is -0.495 e. The van der Waals surface area contributed by atoms with Crippen LogP contribution in [-0.2, 0) is 14.8 Å². The van der Waals surface area contributed by atoms with Crippen molar-refractivity contribution in [1.29, 1.82) is 0 Å². The predicted molar refractivity (Wildman–Crippen MR) is 134 cm³/mol. The summed E-state index contributed by atoms with van der Waals surface area (Å²) in [6, 6.07) is 18.4. The highest BCUT2D eigenvalue weighted by Crippen LogP contribution is 2.31. The molecule has 1 N–H and O–H groups in total. The van der Waals surface area contributed by atoms with Gasteiger partial charge < -0.3 is 10.1 Å². The van der Waals surface area contributed by atoms with Crippen LogP contribution in [-0.4, -0.2) is 28.0 Å². The Morgan fingerprint density at radius 2 is 1.73 bits per heavy atom. The van der Waals surface area contributed by atoms with Crippen LogP contribution in [0.15, 0.2) is 76.1 Å². The van der Waals surface area contributed by atoms with E-state index in [-0.39, 0.29) is 16.7 Å². The van der Waals surface area contributed by atoms with Crippen molar-refractivity contribution in [2.75, 3.05) is 18.0 Å². The van der Waals surface area contributed by atoms with Crippen molar-refractivity contribution < 1.29 is 17.9 Å². The minimum absolute atomic E-state index is 0.0197. The SMILES string of the molecule is COc1ccc(C)cc1S(=O)(=O)N(CC(=O)N[C@@H](C)c1ccc(Br)cc1)c1ccc(Cl)cc1. The second-order valence-electron chi connectivity index (χ2n) is 7.48. The predicted octanol–water partition coefficient (Wildman–Crippen LogP) is 5.49. The van der Waals surface area contributed by atoms with Gasteiger partial charge in [0.2, 0.25) is 5.91 Å². The zero-order valence-electron chi connectivity index (χ0n) is 18.4. The number of amides is 1. The zero-order valence-corrected chi connectivity index (χ0v) is 21.5. The number of halogens is 2. The molecule has 0 saturated carbocycles. The van der Waals surface area contributed by atoms with Crippen molar-refractivity contribution in [2.24, 2.45) is 0 Å². The van der Waals surface area contributed by atoms with Crippen LogP contribution in [0.25, 0.3) is 0 Å². The van der Waals surface area contributed by atoms with E-state index in [1.807, 2.05) is 31.2 Å². The summed E-state index contributed by atoms with van der Waals surface area (Å²) in [6.07, 6.45) is 0. The maximum Gasteiger partial charge on any atom is 0.268 e. The van der Waals surface area contributed by atoms with E-state index in [1.165, 1.54) is 13.2 Å². The molecule has 0 aliphatic carbocycles. The molecular weight excluding hydrogens is 528 g/mol. The number of aryl methyl sites for hydroxylation is 1. The van der Waals surface area contributed by atoms with Crippen LogP contribution in [0.4, 0.5) is 5.69 Å². The summed E-state index contributed by atoms with van der Waals surface area (Å²) in [7, 11) is -2.73. The first-order chi connectivity index (χ1) is 15.6. The standard InChI is InChI=1S/C24H24BrClN2O4S/c1-16-4-13-22(32-3)23(14-16)33(30,31)28(21-11-9-20(26)10-12-21)15-24(29)27-17(2)18-5-7-19(25)8-6-18/h4-14,17H,15H2,1-3H3,(H,27,29)/t17-/m0/s1. The molecule has 3 rings (SSSR count). The molecule has 0 aliphatic rings. The Bertz CT molecular complexity index is 1230. The third kappa shape index (κ3) is 6.07. The molecule has 0 heterocycles. The first kappa shape index (κ1) is 25.1. The minimum atomic E-state index is -4.14. The van der Waals surface area contributed by atoms with Crippen LogP contribution in [0, 0.1) is 6.92 Å². The monoisotopic (exact) mass is 550 g/mol. The van der Waals surface area contributed by atoms with E-state index >= 15 is 0 Å². The Morgan fingerprint density at radius 3 is 2.33 bits per heavy atom. The number of carbonyl (C=O) groups is 1. The lowest BCUT2D eigenvalue weighted by Gasteiger charge is -2.26. The van der Waals surface area contributed by atoms with Gasteiger partial charge in [-0.25, -0.2) is 8.42 Å². The number of methoxy groups -OCH3 is 1. The Hall–Kier alpha value is -2.55. The van der Waals surface area contributed by atoms with Crippen molar-refractivity contribution in [2.45, 2.75) is 24.8 Å². The van der Waals surface area contributed by atoms with E-state index in [0.29, 0.717) is 10.7 Å². The molecule has 0 saturated heterocycles. The Labute approximate surface area is 207 Å². The lowest BCUT2D eigenvalue weighted by molar-refractivity contribution is -0.120. The van der Waals surface area contributed by atoms with E-state index in [1.54, 1.807) is 43.3 Å². The van der Waals surface area contributed by atoms with Crippen LogP contribution >= 0.6 is 27.5 Å². The molecule has 6 nitrogen and oxygen atoms in total. The van der Waals surface area contributed by atoms with Gasteiger partial charge in [-0.3, -0.25) is 9.10 Å². The molecule has 0 radical (unpaired) electrons. The van der Waals surface area contributed by atoms with Gasteiger partial charge >= 0.3 is 0 Å². The highest BCUT2D eigenvalue weighted by Gasteiger charge is 2.30. The van der Waals surface area contributed by atoms with Crippen LogP contribution in [0.3, 0.4) is 0 Å². The summed E-state index contributed by atoms with van der Waals surface area (Å²) in [5.41, 5.74) is 1.96. The fourth-order valence-corrected chi connectivity index (χ4v) is 5.33. The number of nitrogens with zero attached hydrogens (tertiary/aromatic N) is 1. The average molecular weight is 552 g/mol.